The molecule has 7 heteroatoms. The van der Waals surface area contributed by atoms with Crippen LogP contribution in [0.15, 0.2) is 39.6 Å². The number of amides is 1. The van der Waals surface area contributed by atoms with Crippen molar-refractivity contribution in [1.29, 1.82) is 0 Å². The van der Waals surface area contributed by atoms with E-state index in [1.807, 2.05) is 6.07 Å². The maximum absolute atomic E-state index is 12.4. The van der Waals surface area contributed by atoms with E-state index in [1.165, 1.54) is 13.4 Å². The molecule has 1 amide bonds. The monoisotopic (exact) mass is 332 g/mol. The number of hydrogen-bond acceptors (Lipinski definition) is 6. The van der Waals surface area contributed by atoms with Crippen LogP contribution >= 0.6 is 0 Å². The van der Waals surface area contributed by atoms with E-state index in [9.17, 15) is 9.59 Å². The summed E-state index contributed by atoms with van der Waals surface area (Å²) in [6.07, 6.45) is 4.76. The van der Waals surface area contributed by atoms with Crippen molar-refractivity contribution in [2.75, 3.05) is 13.7 Å². The molecule has 3 heterocycles. The van der Waals surface area contributed by atoms with Crippen molar-refractivity contribution >= 4 is 11.9 Å². The predicted molar refractivity (Wildman–Crippen MR) is 84.0 cm³/mol. The van der Waals surface area contributed by atoms with Crippen molar-refractivity contribution in [2.24, 2.45) is 0 Å². The number of carbonyl (C=O) groups is 2. The molecule has 128 valence electrons. The minimum absolute atomic E-state index is 0.0352. The SMILES string of the molecule is COC(=O)c1occc1CN1CCCC1C(=O)NCc1ccco1. The van der Waals surface area contributed by atoms with E-state index in [-0.39, 0.29) is 17.7 Å². The Bertz CT molecular complexity index is 692. The van der Waals surface area contributed by atoms with Gasteiger partial charge in [0.25, 0.3) is 0 Å². The second-order valence-corrected chi connectivity index (χ2v) is 5.69. The molecule has 3 rings (SSSR count). The Balaban J connectivity index is 1.62. The molecule has 1 unspecified atom stereocenters. The summed E-state index contributed by atoms with van der Waals surface area (Å²) < 4.78 is 15.1. The molecular weight excluding hydrogens is 312 g/mol. The van der Waals surface area contributed by atoms with Crippen molar-refractivity contribution < 1.29 is 23.2 Å². The minimum Gasteiger partial charge on any atom is -0.467 e. The van der Waals surface area contributed by atoms with Crippen LogP contribution in [-0.4, -0.2) is 36.5 Å². The first-order chi connectivity index (χ1) is 11.7. The van der Waals surface area contributed by atoms with Crippen LogP contribution in [0.4, 0.5) is 0 Å². The first kappa shape index (κ1) is 16.3. The number of furan rings is 2. The average Bonchev–Trinajstić information content (AvgIpc) is 3.34. The van der Waals surface area contributed by atoms with E-state index in [1.54, 1.807) is 18.4 Å². The van der Waals surface area contributed by atoms with Gasteiger partial charge in [-0.25, -0.2) is 4.79 Å². The zero-order valence-electron chi connectivity index (χ0n) is 13.5. The highest BCUT2D eigenvalue weighted by Crippen LogP contribution is 2.23. The number of nitrogens with one attached hydrogen (secondary N) is 1. The van der Waals surface area contributed by atoms with Crippen molar-refractivity contribution in [3.63, 3.8) is 0 Å². The lowest BCUT2D eigenvalue weighted by molar-refractivity contribution is -0.125. The number of rotatable bonds is 6. The third kappa shape index (κ3) is 3.51. The number of nitrogens with zero attached hydrogens (tertiary/aromatic N) is 1. The van der Waals surface area contributed by atoms with Gasteiger partial charge in [0.2, 0.25) is 11.7 Å². The number of methoxy groups -OCH3 is 1. The number of ether oxygens (including phenoxy) is 1. The number of hydrogen-bond donors (Lipinski definition) is 1. The van der Waals surface area contributed by atoms with Gasteiger partial charge in [0.15, 0.2) is 0 Å². The molecule has 1 aliphatic heterocycles. The molecule has 0 bridgehead atoms. The molecule has 1 saturated heterocycles. The lowest BCUT2D eigenvalue weighted by Crippen LogP contribution is -2.42. The normalized spacial score (nSPS) is 17.8. The van der Waals surface area contributed by atoms with E-state index in [0.29, 0.717) is 13.1 Å². The van der Waals surface area contributed by atoms with Crippen LogP contribution in [0.5, 0.6) is 0 Å². The number of carbonyl (C=O) groups excluding carboxylic acids is 2. The fraction of sp³-hybridized carbons (Fsp3) is 0.412. The molecule has 1 fully saturated rings. The zero-order chi connectivity index (χ0) is 16.9. The van der Waals surface area contributed by atoms with Gasteiger partial charge >= 0.3 is 5.97 Å². The van der Waals surface area contributed by atoms with Crippen molar-refractivity contribution in [1.82, 2.24) is 10.2 Å². The fourth-order valence-electron chi connectivity index (χ4n) is 2.97. The van der Waals surface area contributed by atoms with Gasteiger partial charge in [-0.2, -0.15) is 0 Å². The molecule has 1 N–H and O–H groups in total. The van der Waals surface area contributed by atoms with E-state index in [2.05, 4.69) is 10.2 Å². The van der Waals surface area contributed by atoms with Gasteiger partial charge in [0.05, 0.1) is 32.2 Å². The van der Waals surface area contributed by atoms with Crippen LogP contribution in [0.3, 0.4) is 0 Å². The Morgan fingerprint density at radius 3 is 2.96 bits per heavy atom. The smallest absolute Gasteiger partial charge is 0.374 e. The molecule has 0 radical (unpaired) electrons. The highest BCUT2D eigenvalue weighted by Gasteiger charge is 2.32. The summed E-state index contributed by atoms with van der Waals surface area (Å²) in [4.78, 5) is 26.2. The van der Waals surface area contributed by atoms with Gasteiger partial charge in [-0.05, 0) is 37.6 Å². The van der Waals surface area contributed by atoms with Crippen LogP contribution < -0.4 is 5.32 Å². The highest BCUT2D eigenvalue weighted by atomic mass is 16.5. The van der Waals surface area contributed by atoms with Gasteiger partial charge in [-0.3, -0.25) is 9.69 Å². The lowest BCUT2D eigenvalue weighted by Gasteiger charge is -2.23. The topological polar surface area (TPSA) is 84.9 Å². The Morgan fingerprint density at radius 2 is 2.21 bits per heavy atom. The second-order valence-electron chi connectivity index (χ2n) is 5.69. The Hall–Kier alpha value is -2.54. The predicted octanol–water partition coefficient (Wildman–Crippen LogP) is 1.94. The van der Waals surface area contributed by atoms with E-state index < -0.39 is 5.97 Å². The molecule has 1 atom stereocenters. The summed E-state index contributed by atoms with van der Waals surface area (Å²) in [6, 6.07) is 5.13. The fourth-order valence-corrected chi connectivity index (χ4v) is 2.97. The van der Waals surface area contributed by atoms with Crippen LogP contribution in [0, 0.1) is 0 Å². The lowest BCUT2D eigenvalue weighted by atomic mass is 10.1. The van der Waals surface area contributed by atoms with Crippen LogP contribution in [0.2, 0.25) is 0 Å². The Kier molecular flexibility index (Phi) is 5.00. The van der Waals surface area contributed by atoms with Gasteiger partial charge in [0.1, 0.15) is 5.76 Å². The first-order valence-electron chi connectivity index (χ1n) is 7.88. The molecule has 2 aromatic heterocycles. The quantitative estimate of drug-likeness (QED) is 0.814. The number of esters is 1. The van der Waals surface area contributed by atoms with E-state index in [0.717, 1.165) is 30.7 Å². The summed E-state index contributed by atoms with van der Waals surface area (Å²) >= 11 is 0. The molecule has 24 heavy (non-hydrogen) atoms. The maximum atomic E-state index is 12.4. The van der Waals surface area contributed by atoms with Crippen molar-refractivity contribution in [2.45, 2.75) is 32.0 Å². The van der Waals surface area contributed by atoms with Crippen molar-refractivity contribution in [3.8, 4) is 0 Å². The van der Waals surface area contributed by atoms with Crippen LogP contribution in [0.1, 0.15) is 34.7 Å². The molecule has 0 saturated carbocycles. The van der Waals surface area contributed by atoms with Gasteiger partial charge < -0.3 is 18.9 Å². The molecular formula is C17H20N2O5. The summed E-state index contributed by atoms with van der Waals surface area (Å²) in [5.41, 5.74) is 0.729. The number of likely N-dealkylation sites (tertiary alicyclic amines) is 1. The van der Waals surface area contributed by atoms with E-state index in [4.69, 9.17) is 13.6 Å². The highest BCUT2D eigenvalue weighted by molar-refractivity contribution is 5.88. The molecule has 1 aliphatic rings. The van der Waals surface area contributed by atoms with Gasteiger partial charge in [0, 0.05) is 12.1 Å². The molecule has 2 aromatic rings. The summed E-state index contributed by atoms with van der Waals surface area (Å²) in [5, 5.41) is 2.90. The third-order valence-corrected chi connectivity index (χ3v) is 4.17. The van der Waals surface area contributed by atoms with Gasteiger partial charge in [-0.1, -0.05) is 0 Å². The summed E-state index contributed by atoms with van der Waals surface area (Å²) in [6.45, 7) is 1.64. The standard InChI is InChI=1S/C17H20N2O5/c1-22-17(21)15-12(6-9-24-15)11-19-7-2-5-14(19)16(20)18-10-13-4-3-8-23-13/h3-4,6,8-9,14H,2,5,7,10-11H2,1H3,(H,18,20). The maximum Gasteiger partial charge on any atom is 0.374 e. The van der Waals surface area contributed by atoms with Crippen LogP contribution in [0.25, 0.3) is 0 Å². The second kappa shape index (κ2) is 7.35. The van der Waals surface area contributed by atoms with E-state index >= 15 is 0 Å². The first-order valence-corrected chi connectivity index (χ1v) is 7.88. The molecule has 0 aliphatic carbocycles. The third-order valence-electron chi connectivity index (χ3n) is 4.17. The summed E-state index contributed by atoms with van der Waals surface area (Å²) in [5.74, 6) is 0.370. The molecule has 7 nitrogen and oxygen atoms in total. The largest absolute Gasteiger partial charge is 0.467 e. The van der Waals surface area contributed by atoms with Crippen molar-refractivity contribution in [3.05, 3.63) is 47.8 Å². The zero-order valence-corrected chi connectivity index (χ0v) is 13.5. The summed E-state index contributed by atoms with van der Waals surface area (Å²) in [7, 11) is 1.31. The molecule has 0 spiro atoms. The van der Waals surface area contributed by atoms with Gasteiger partial charge in [-0.15, -0.1) is 0 Å². The molecule has 0 aromatic carbocycles. The Morgan fingerprint density at radius 1 is 1.33 bits per heavy atom. The van der Waals surface area contributed by atoms with Crippen LogP contribution in [-0.2, 0) is 22.6 Å². The average molecular weight is 332 g/mol. The minimum atomic E-state index is -0.506. The Labute approximate surface area is 139 Å².